The smallest absolute Gasteiger partial charge is 0.326 e. The molecular formula is C27H29FN4O4. The van der Waals surface area contributed by atoms with Crippen LogP contribution < -0.4 is 15.8 Å². The van der Waals surface area contributed by atoms with Crippen LogP contribution in [-0.2, 0) is 11.3 Å². The number of aryl methyl sites for hydroxylation is 2. The molecule has 2 aromatic carbocycles. The monoisotopic (exact) mass is 492 g/mol. The van der Waals surface area contributed by atoms with E-state index < -0.39 is 29.2 Å². The fourth-order valence-electron chi connectivity index (χ4n) is 3.92. The summed E-state index contributed by atoms with van der Waals surface area (Å²) in [7, 11) is 0. The number of aromatic amines is 1. The number of terminal acetylenes is 1. The molecule has 9 heteroatoms. The van der Waals surface area contributed by atoms with Gasteiger partial charge in [-0.3, -0.25) is 9.59 Å². The quantitative estimate of drug-likeness (QED) is 0.435. The van der Waals surface area contributed by atoms with Gasteiger partial charge in [0.2, 0.25) is 0 Å². The zero-order valence-electron chi connectivity index (χ0n) is 20.9. The molecular weight excluding hydrogens is 463 g/mol. The number of aliphatic carboxylic acids is 1. The number of H-pyrrole nitrogens is 1. The Morgan fingerprint density at radius 1 is 1.25 bits per heavy atom. The molecule has 0 saturated carbocycles. The first-order valence-corrected chi connectivity index (χ1v) is 11.3. The second kappa shape index (κ2) is 10.2. The first-order chi connectivity index (χ1) is 16.8. The number of hydrogen-bond donors (Lipinski definition) is 3. The van der Waals surface area contributed by atoms with Crippen molar-refractivity contribution < 1.29 is 19.1 Å². The van der Waals surface area contributed by atoms with E-state index in [4.69, 9.17) is 6.42 Å². The van der Waals surface area contributed by atoms with E-state index in [9.17, 15) is 19.5 Å². The lowest BCUT2D eigenvalue weighted by Crippen LogP contribution is -2.49. The van der Waals surface area contributed by atoms with Crippen LogP contribution in [0, 0.1) is 37.4 Å². The number of carboxylic acid groups (broad SMARTS) is 1. The Hall–Kier alpha value is -4.19. The third-order valence-electron chi connectivity index (χ3n) is 5.88. The lowest BCUT2D eigenvalue weighted by molar-refractivity contribution is -0.142. The highest BCUT2D eigenvalue weighted by Crippen LogP contribution is 2.25. The van der Waals surface area contributed by atoms with Crippen molar-refractivity contribution in [1.29, 1.82) is 0 Å². The van der Waals surface area contributed by atoms with E-state index in [1.807, 2.05) is 13.0 Å². The molecule has 0 radical (unpaired) electrons. The fourth-order valence-corrected chi connectivity index (χ4v) is 3.92. The average molecular weight is 493 g/mol. The minimum atomic E-state index is -1.21. The Balaban J connectivity index is 1.91. The topological polar surface area (TPSA) is 115 Å². The highest BCUT2D eigenvalue weighted by molar-refractivity contribution is 5.97. The van der Waals surface area contributed by atoms with E-state index in [-0.39, 0.29) is 24.2 Å². The van der Waals surface area contributed by atoms with Crippen LogP contribution >= 0.6 is 0 Å². The number of fused-ring (bicyclic) bond motifs is 1. The molecule has 1 aromatic heterocycles. The molecule has 1 atom stereocenters. The summed E-state index contributed by atoms with van der Waals surface area (Å²) in [5.41, 5.74) is 1.42. The maximum atomic E-state index is 15.0. The number of hydrogen-bond acceptors (Lipinski definition) is 5. The predicted molar refractivity (Wildman–Crippen MR) is 136 cm³/mol. The summed E-state index contributed by atoms with van der Waals surface area (Å²) in [5, 5.41) is 12.3. The number of anilines is 1. The summed E-state index contributed by atoms with van der Waals surface area (Å²) in [6.07, 6.45) is 5.56. The van der Waals surface area contributed by atoms with Gasteiger partial charge >= 0.3 is 5.97 Å². The van der Waals surface area contributed by atoms with Gasteiger partial charge in [-0.25, -0.2) is 14.2 Å². The zero-order chi connectivity index (χ0) is 26.8. The van der Waals surface area contributed by atoms with E-state index in [2.05, 4.69) is 21.2 Å². The van der Waals surface area contributed by atoms with Crippen molar-refractivity contribution >= 4 is 28.5 Å². The molecule has 0 fully saturated rings. The number of carboxylic acids is 1. The Labute approximate surface area is 208 Å². The van der Waals surface area contributed by atoms with Gasteiger partial charge in [0, 0.05) is 12.2 Å². The van der Waals surface area contributed by atoms with Gasteiger partial charge in [-0.05, 0) is 60.7 Å². The molecule has 3 N–H and O–H groups in total. The number of rotatable bonds is 7. The number of benzene rings is 2. The molecule has 0 unspecified atom stereocenters. The Morgan fingerprint density at radius 2 is 1.94 bits per heavy atom. The lowest BCUT2D eigenvalue weighted by Gasteiger charge is -2.28. The van der Waals surface area contributed by atoms with Crippen LogP contribution in [0.2, 0.25) is 0 Å². The highest BCUT2D eigenvalue weighted by Gasteiger charge is 2.33. The van der Waals surface area contributed by atoms with Gasteiger partial charge in [0.05, 0.1) is 23.0 Å². The zero-order valence-corrected chi connectivity index (χ0v) is 20.9. The number of halogens is 1. The summed E-state index contributed by atoms with van der Waals surface area (Å²) >= 11 is 0. The molecule has 36 heavy (non-hydrogen) atoms. The standard InChI is InChI=1S/C27H29FN4O4/c1-7-10-32(14-17-12-20-22(11-15(17)2)29-16(3)30-25(20)34)18-8-9-19(21(28)13-18)24(33)31-23(26(35)36)27(4,5)6/h1,8-9,11-13,23H,10,14H2,2-6H3,(H,31,33)(H,35,36)(H,29,30,34)/t23-/m1/s1. The number of amides is 1. The van der Waals surface area contributed by atoms with Gasteiger partial charge in [0.15, 0.2) is 0 Å². The van der Waals surface area contributed by atoms with E-state index >= 15 is 4.39 Å². The minimum absolute atomic E-state index is 0.149. The van der Waals surface area contributed by atoms with Gasteiger partial charge in [-0.15, -0.1) is 6.42 Å². The molecule has 0 aliphatic heterocycles. The van der Waals surface area contributed by atoms with Crippen LogP contribution in [0.4, 0.5) is 10.1 Å². The Morgan fingerprint density at radius 3 is 2.53 bits per heavy atom. The number of nitrogens with one attached hydrogen (secondary N) is 2. The summed E-state index contributed by atoms with van der Waals surface area (Å²) < 4.78 is 15.0. The van der Waals surface area contributed by atoms with Crippen LogP contribution in [-0.4, -0.2) is 39.5 Å². The second-order valence-corrected chi connectivity index (χ2v) is 9.78. The van der Waals surface area contributed by atoms with Crippen molar-refractivity contribution in [1.82, 2.24) is 15.3 Å². The third-order valence-corrected chi connectivity index (χ3v) is 5.88. The molecule has 0 bridgehead atoms. The number of aromatic nitrogens is 2. The third kappa shape index (κ3) is 5.71. The van der Waals surface area contributed by atoms with Gasteiger partial charge in [0.25, 0.3) is 11.5 Å². The second-order valence-electron chi connectivity index (χ2n) is 9.78. The number of nitrogens with zero attached hydrogens (tertiary/aromatic N) is 2. The normalized spacial score (nSPS) is 12.1. The van der Waals surface area contributed by atoms with Crippen LogP contribution in [0.15, 0.2) is 35.1 Å². The molecule has 0 spiro atoms. The Kier molecular flexibility index (Phi) is 7.48. The molecule has 1 amide bonds. The van der Waals surface area contributed by atoms with Gasteiger partial charge in [-0.2, -0.15) is 0 Å². The molecule has 8 nitrogen and oxygen atoms in total. The van der Waals surface area contributed by atoms with Gasteiger partial charge in [-0.1, -0.05) is 26.7 Å². The average Bonchev–Trinajstić information content (AvgIpc) is 2.76. The van der Waals surface area contributed by atoms with E-state index in [1.165, 1.54) is 12.1 Å². The van der Waals surface area contributed by atoms with Crippen molar-refractivity contribution in [3.63, 3.8) is 0 Å². The number of carbonyl (C=O) groups is 2. The van der Waals surface area contributed by atoms with E-state index in [0.29, 0.717) is 22.4 Å². The van der Waals surface area contributed by atoms with Crippen LogP contribution in [0.3, 0.4) is 0 Å². The summed E-state index contributed by atoms with van der Waals surface area (Å²) in [4.78, 5) is 45.4. The maximum absolute atomic E-state index is 15.0. The maximum Gasteiger partial charge on any atom is 0.326 e. The van der Waals surface area contributed by atoms with Crippen LogP contribution in [0.25, 0.3) is 10.9 Å². The van der Waals surface area contributed by atoms with Crippen LogP contribution in [0.5, 0.6) is 0 Å². The first kappa shape index (κ1) is 26.4. The van der Waals surface area contributed by atoms with E-state index in [0.717, 1.165) is 11.1 Å². The minimum Gasteiger partial charge on any atom is -0.480 e. The molecule has 3 rings (SSSR count). The van der Waals surface area contributed by atoms with Crippen molar-refractivity contribution in [2.45, 2.75) is 47.2 Å². The molecule has 0 saturated heterocycles. The predicted octanol–water partition coefficient (Wildman–Crippen LogP) is 3.55. The summed E-state index contributed by atoms with van der Waals surface area (Å²) in [6, 6.07) is 6.41. The SMILES string of the molecule is C#CCN(Cc1cc2c(=O)[nH]c(C)nc2cc1C)c1ccc(C(=O)N[C@H](C(=O)O)C(C)(C)C)c(F)c1. The first-order valence-electron chi connectivity index (χ1n) is 11.3. The van der Waals surface area contributed by atoms with Crippen molar-refractivity contribution in [3.05, 3.63) is 69.0 Å². The summed E-state index contributed by atoms with van der Waals surface area (Å²) in [5.74, 6) is 0.235. The fraction of sp³-hybridized carbons (Fsp3) is 0.333. The largest absolute Gasteiger partial charge is 0.480 e. The molecule has 3 aromatic rings. The van der Waals surface area contributed by atoms with E-state index in [1.54, 1.807) is 44.7 Å². The lowest BCUT2D eigenvalue weighted by atomic mass is 9.86. The van der Waals surface area contributed by atoms with Crippen molar-refractivity contribution in [2.24, 2.45) is 5.41 Å². The molecule has 0 aliphatic carbocycles. The number of carbonyl (C=O) groups excluding carboxylic acids is 1. The molecule has 188 valence electrons. The van der Waals surface area contributed by atoms with Crippen LogP contribution in [0.1, 0.15) is 48.1 Å². The summed E-state index contributed by atoms with van der Waals surface area (Å²) in [6.45, 7) is 9.05. The van der Waals surface area contributed by atoms with Crippen molar-refractivity contribution in [2.75, 3.05) is 11.4 Å². The molecule has 1 heterocycles. The highest BCUT2D eigenvalue weighted by atomic mass is 19.1. The van der Waals surface area contributed by atoms with Gasteiger partial charge in [0.1, 0.15) is 17.7 Å². The van der Waals surface area contributed by atoms with Gasteiger partial charge < -0.3 is 20.3 Å². The van der Waals surface area contributed by atoms with Crippen molar-refractivity contribution in [3.8, 4) is 12.3 Å². The molecule has 0 aliphatic rings. The Bertz CT molecular complexity index is 1430.